The first-order valence-electron chi connectivity index (χ1n) is 9.11. The molecule has 1 aromatic rings. The van der Waals surface area contributed by atoms with E-state index in [4.69, 9.17) is 9.47 Å². The van der Waals surface area contributed by atoms with Crippen molar-refractivity contribution < 1.29 is 14.3 Å². The van der Waals surface area contributed by atoms with E-state index >= 15 is 0 Å². The Bertz CT molecular complexity index is 587. The second-order valence-electron chi connectivity index (χ2n) is 7.62. The van der Waals surface area contributed by atoms with Gasteiger partial charge >= 0.3 is 0 Å². The maximum Gasteiger partial charge on any atom is 0.227 e. The molecule has 1 aliphatic carbocycles. The lowest BCUT2D eigenvalue weighted by Crippen LogP contribution is -2.47. The maximum absolute atomic E-state index is 12.7. The number of hydrogen-bond acceptors (Lipinski definition) is 4. The van der Waals surface area contributed by atoms with Gasteiger partial charge in [-0.05, 0) is 56.5 Å². The van der Waals surface area contributed by atoms with Gasteiger partial charge < -0.3 is 19.3 Å². The van der Waals surface area contributed by atoms with Gasteiger partial charge in [0.1, 0.15) is 5.75 Å². The first kappa shape index (κ1) is 18.2. The minimum Gasteiger partial charge on any atom is -0.497 e. The summed E-state index contributed by atoms with van der Waals surface area (Å²) in [7, 11) is 7.71. The molecule has 1 saturated heterocycles. The quantitative estimate of drug-likeness (QED) is 0.818. The molecule has 0 radical (unpaired) electrons. The molecule has 0 unspecified atom stereocenters. The molecule has 1 aliphatic heterocycles. The molecular formula is C20H30N2O3. The van der Waals surface area contributed by atoms with Crippen LogP contribution < -0.4 is 4.74 Å². The topological polar surface area (TPSA) is 42.0 Å². The number of rotatable bonds is 5. The average Bonchev–Trinajstić information content (AvgIpc) is 3.04. The van der Waals surface area contributed by atoms with Gasteiger partial charge in [0.15, 0.2) is 0 Å². The molecule has 2 aliphatic rings. The standard InChI is InChI=1S/C20H30N2O3/c1-21(2)18-10-15-12-22(13-16(15)11-19(18)25-4)20(23)9-14-5-7-17(24-3)8-6-14/h5-8,15-16,18-19H,9-13H2,1-4H3/t15-,16+,18-,19-/m1/s1. The van der Waals surface area contributed by atoms with Gasteiger partial charge in [-0.15, -0.1) is 0 Å². The van der Waals surface area contributed by atoms with Crippen LogP contribution in [0.3, 0.4) is 0 Å². The van der Waals surface area contributed by atoms with Crippen LogP contribution in [0.15, 0.2) is 24.3 Å². The Kier molecular flexibility index (Phi) is 5.64. The predicted molar refractivity (Wildman–Crippen MR) is 97.8 cm³/mol. The third kappa shape index (κ3) is 3.98. The molecule has 0 bridgehead atoms. The van der Waals surface area contributed by atoms with Crippen molar-refractivity contribution in [2.45, 2.75) is 31.4 Å². The minimum absolute atomic E-state index is 0.231. The predicted octanol–water partition coefficient (Wildman–Crippen LogP) is 2.05. The fourth-order valence-corrected chi connectivity index (χ4v) is 4.42. The summed E-state index contributed by atoms with van der Waals surface area (Å²) in [6.45, 7) is 1.76. The van der Waals surface area contributed by atoms with Crippen molar-refractivity contribution in [3.63, 3.8) is 0 Å². The molecule has 5 heteroatoms. The van der Waals surface area contributed by atoms with Crippen molar-refractivity contribution in [2.24, 2.45) is 11.8 Å². The Morgan fingerprint density at radius 1 is 1.12 bits per heavy atom. The highest BCUT2D eigenvalue weighted by Gasteiger charge is 2.44. The summed E-state index contributed by atoms with van der Waals surface area (Å²) >= 11 is 0. The summed E-state index contributed by atoms with van der Waals surface area (Å²) in [6.07, 6.45) is 2.90. The van der Waals surface area contributed by atoms with E-state index in [-0.39, 0.29) is 12.0 Å². The molecule has 1 amide bonds. The van der Waals surface area contributed by atoms with Gasteiger partial charge in [0.05, 0.1) is 19.6 Å². The smallest absolute Gasteiger partial charge is 0.227 e. The number of benzene rings is 1. The van der Waals surface area contributed by atoms with Gasteiger partial charge in [0, 0.05) is 26.2 Å². The molecule has 0 spiro atoms. The molecule has 4 atom stereocenters. The van der Waals surface area contributed by atoms with Crippen LogP contribution in [0.1, 0.15) is 18.4 Å². The first-order valence-corrected chi connectivity index (χ1v) is 9.11. The van der Waals surface area contributed by atoms with E-state index in [2.05, 4.69) is 23.9 Å². The molecule has 0 N–H and O–H groups in total. The third-order valence-corrected chi connectivity index (χ3v) is 5.92. The highest BCUT2D eigenvalue weighted by molar-refractivity contribution is 5.79. The SMILES string of the molecule is COc1ccc(CC(=O)N2C[C@H]3C[C@@H](N(C)C)[C@H](OC)C[C@H]3C2)cc1. The van der Waals surface area contributed by atoms with E-state index in [9.17, 15) is 4.79 Å². The summed E-state index contributed by atoms with van der Waals surface area (Å²) in [5, 5.41) is 0. The number of carbonyl (C=O) groups is 1. The van der Waals surface area contributed by atoms with Crippen molar-refractivity contribution in [1.82, 2.24) is 9.80 Å². The van der Waals surface area contributed by atoms with Gasteiger partial charge in [-0.1, -0.05) is 12.1 Å². The average molecular weight is 346 g/mol. The number of nitrogens with zero attached hydrogens (tertiary/aromatic N) is 2. The Balaban J connectivity index is 1.60. The number of carbonyl (C=O) groups excluding carboxylic acids is 1. The highest BCUT2D eigenvalue weighted by atomic mass is 16.5. The van der Waals surface area contributed by atoms with Gasteiger partial charge in [0.2, 0.25) is 5.91 Å². The van der Waals surface area contributed by atoms with Crippen molar-refractivity contribution in [3.05, 3.63) is 29.8 Å². The Morgan fingerprint density at radius 2 is 1.76 bits per heavy atom. The summed E-state index contributed by atoms with van der Waals surface area (Å²) in [6, 6.07) is 8.23. The van der Waals surface area contributed by atoms with Crippen LogP contribution in [0.2, 0.25) is 0 Å². The van der Waals surface area contributed by atoms with Gasteiger partial charge in [-0.3, -0.25) is 4.79 Å². The summed E-state index contributed by atoms with van der Waals surface area (Å²) in [4.78, 5) is 17.1. The zero-order valence-corrected chi connectivity index (χ0v) is 15.8. The van der Waals surface area contributed by atoms with Crippen LogP contribution in [-0.2, 0) is 16.0 Å². The number of hydrogen-bond donors (Lipinski definition) is 0. The lowest BCUT2D eigenvalue weighted by atomic mass is 9.77. The number of fused-ring (bicyclic) bond motifs is 1. The lowest BCUT2D eigenvalue weighted by Gasteiger charge is -2.40. The van der Waals surface area contributed by atoms with Crippen molar-refractivity contribution >= 4 is 5.91 Å². The zero-order valence-electron chi connectivity index (χ0n) is 15.8. The van der Waals surface area contributed by atoms with E-state index in [1.54, 1.807) is 7.11 Å². The van der Waals surface area contributed by atoms with Crippen LogP contribution in [0.25, 0.3) is 0 Å². The number of ether oxygens (including phenoxy) is 2. The molecular weight excluding hydrogens is 316 g/mol. The second kappa shape index (κ2) is 7.75. The zero-order chi connectivity index (χ0) is 18.0. The highest BCUT2D eigenvalue weighted by Crippen LogP contribution is 2.38. The van der Waals surface area contributed by atoms with Gasteiger partial charge in [-0.2, -0.15) is 0 Å². The van der Waals surface area contributed by atoms with E-state index in [1.807, 2.05) is 31.4 Å². The van der Waals surface area contributed by atoms with E-state index in [0.717, 1.165) is 37.2 Å². The Hall–Kier alpha value is -1.59. The van der Waals surface area contributed by atoms with Crippen LogP contribution in [0.5, 0.6) is 5.75 Å². The van der Waals surface area contributed by atoms with Crippen molar-refractivity contribution in [2.75, 3.05) is 41.4 Å². The minimum atomic E-state index is 0.231. The monoisotopic (exact) mass is 346 g/mol. The Labute approximate surface area is 150 Å². The fraction of sp³-hybridized carbons (Fsp3) is 0.650. The van der Waals surface area contributed by atoms with E-state index in [1.165, 1.54) is 0 Å². The van der Waals surface area contributed by atoms with Crippen LogP contribution in [0, 0.1) is 11.8 Å². The third-order valence-electron chi connectivity index (χ3n) is 5.92. The van der Waals surface area contributed by atoms with Crippen LogP contribution in [0.4, 0.5) is 0 Å². The number of amides is 1. The molecule has 1 aromatic carbocycles. The summed E-state index contributed by atoms with van der Waals surface area (Å²) in [5.74, 6) is 2.22. The van der Waals surface area contributed by atoms with Crippen LogP contribution >= 0.6 is 0 Å². The lowest BCUT2D eigenvalue weighted by molar-refractivity contribution is -0.129. The van der Waals surface area contributed by atoms with Gasteiger partial charge in [-0.25, -0.2) is 0 Å². The van der Waals surface area contributed by atoms with Crippen molar-refractivity contribution in [3.8, 4) is 5.75 Å². The molecule has 1 heterocycles. The van der Waals surface area contributed by atoms with E-state index < -0.39 is 0 Å². The summed E-state index contributed by atoms with van der Waals surface area (Å²) < 4.78 is 10.9. The molecule has 138 valence electrons. The molecule has 25 heavy (non-hydrogen) atoms. The first-order chi connectivity index (χ1) is 12.0. The normalized spacial score (nSPS) is 28.9. The van der Waals surface area contributed by atoms with Gasteiger partial charge in [0.25, 0.3) is 0 Å². The summed E-state index contributed by atoms with van der Waals surface area (Å²) in [5.41, 5.74) is 1.04. The molecule has 1 saturated carbocycles. The number of methoxy groups -OCH3 is 2. The molecule has 2 fully saturated rings. The molecule has 5 nitrogen and oxygen atoms in total. The molecule has 3 rings (SSSR count). The second-order valence-corrected chi connectivity index (χ2v) is 7.62. The largest absolute Gasteiger partial charge is 0.497 e. The number of likely N-dealkylation sites (N-methyl/N-ethyl adjacent to an activating group) is 1. The number of likely N-dealkylation sites (tertiary alicyclic amines) is 1. The van der Waals surface area contributed by atoms with Crippen LogP contribution in [-0.4, -0.2) is 69.3 Å². The van der Waals surface area contributed by atoms with E-state index in [0.29, 0.717) is 24.3 Å². The van der Waals surface area contributed by atoms with Crippen molar-refractivity contribution in [1.29, 1.82) is 0 Å². The Morgan fingerprint density at radius 3 is 2.32 bits per heavy atom. The fourth-order valence-electron chi connectivity index (χ4n) is 4.42. The molecule has 0 aromatic heterocycles. The maximum atomic E-state index is 12.7.